The minimum atomic E-state index is 0.333. The number of benzene rings is 5. The SMILES string of the molecule is CCC1=Cc2c(-c3cccc4ccccc34)cccc2C1c1cccc2c1Cc1ccccc1-2. The van der Waals surface area contributed by atoms with Gasteiger partial charge in [0.25, 0.3) is 0 Å². The van der Waals surface area contributed by atoms with Gasteiger partial charge >= 0.3 is 0 Å². The van der Waals surface area contributed by atoms with E-state index in [1.165, 1.54) is 66.4 Å². The Hall–Kier alpha value is -3.90. The maximum absolute atomic E-state index is 2.48. The minimum absolute atomic E-state index is 0.333. The van der Waals surface area contributed by atoms with E-state index < -0.39 is 0 Å². The summed E-state index contributed by atoms with van der Waals surface area (Å²) in [5.41, 5.74) is 14.3. The van der Waals surface area contributed by atoms with Gasteiger partial charge in [0, 0.05) is 5.92 Å². The molecule has 0 saturated heterocycles. The van der Waals surface area contributed by atoms with E-state index in [4.69, 9.17) is 0 Å². The van der Waals surface area contributed by atoms with Gasteiger partial charge in [0.15, 0.2) is 0 Å². The molecule has 0 heterocycles. The maximum Gasteiger partial charge on any atom is 0.0311 e. The Morgan fingerprint density at radius 1 is 0.618 bits per heavy atom. The molecule has 0 nitrogen and oxygen atoms in total. The van der Waals surface area contributed by atoms with Crippen LogP contribution in [0.15, 0.2) is 109 Å². The van der Waals surface area contributed by atoms with Crippen molar-refractivity contribution in [2.45, 2.75) is 25.7 Å². The van der Waals surface area contributed by atoms with E-state index in [0.29, 0.717) is 5.92 Å². The molecule has 0 N–H and O–H groups in total. The van der Waals surface area contributed by atoms with Crippen LogP contribution in [0.5, 0.6) is 0 Å². The Labute approximate surface area is 201 Å². The average molecular weight is 435 g/mol. The summed E-state index contributed by atoms with van der Waals surface area (Å²) in [5, 5.41) is 2.62. The van der Waals surface area contributed by atoms with E-state index in [9.17, 15) is 0 Å². The summed E-state index contributed by atoms with van der Waals surface area (Å²) in [5.74, 6) is 0.333. The molecule has 0 radical (unpaired) electrons. The summed E-state index contributed by atoms with van der Waals surface area (Å²) >= 11 is 0. The highest BCUT2D eigenvalue weighted by atomic mass is 14.3. The maximum atomic E-state index is 2.48. The summed E-state index contributed by atoms with van der Waals surface area (Å²) in [4.78, 5) is 0. The molecular formula is C34H26. The highest BCUT2D eigenvalue weighted by Gasteiger charge is 2.32. The Morgan fingerprint density at radius 3 is 2.21 bits per heavy atom. The molecule has 2 aliphatic carbocycles. The number of hydrogen-bond donors (Lipinski definition) is 0. The van der Waals surface area contributed by atoms with E-state index in [2.05, 4.69) is 116 Å². The Kier molecular flexibility index (Phi) is 4.35. The van der Waals surface area contributed by atoms with Crippen LogP contribution in [0.2, 0.25) is 0 Å². The largest absolute Gasteiger partial charge is 0.0619 e. The second kappa shape index (κ2) is 7.57. The van der Waals surface area contributed by atoms with Crippen molar-refractivity contribution >= 4 is 16.8 Å². The van der Waals surface area contributed by atoms with Crippen molar-refractivity contribution in [3.63, 3.8) is 0 Å². The van der Waals surface area contributed by atoms with Crippen molar-refractivity contribution in [1.29, 1.82) is 0 Å². The van der Waals surface area contributed by atoms with E-state index in [0.717, 1.165) is 12.8 Å². The van der Waals surface area contributed by atoms with Crippen LogP contribution >= 0.6 is 0 Å². The summed E-state index contributed by atoms with van der Waals surface area (Å²) in [7, 11) is 0. The highest BCUT2D eigenvalue weighted by Crippen LogP contribution is 2.50. The van der Waals surface area contributed by atoms with Gasteiger partial charge in [-0.25, -0.2) is 0 Å². The van der Waals surface area contributed by atoms with Gasteiger partial charge in [-0.05, 0) is 73.7 Å². The molecule has 0 spiro atoms. The molecule has 0 heteroatoms. The quantitative estimate of drug-likeness (QED) is 0.261. The molecule has 0 saturated carbocycles. The molecule has 1 atom stereocenters. The third-order valence-corrected chi connectivity index (χ3v) is 7.84. The molecule has 162 valence electrons. The van der Waals surface area contributed by atoms with Gasteiger partial charge in [0.05, 0.1) is 0 Å². The predicted molar refractivity (Wildman–Crippen MR) is 144 cm³/mol. The number of fused-ring (bicyclic) bond motifs is 5. The molecule has 7 rings (SSSR count). The molecule has 0 aliphatic heterocycles. The summed E-state index contributed by atoms with van der Waals surface area (Å²) in [6, 6.07) is 38.2. The van der Waals surface area contributed by atoms with Gasteiger partial charge in [-0.3, -0.25) is 0 Å². The lowest BCUT2D eigenvalue weighted by atomic mass is 9.82. The third-order valence-electron chi connectivity index (χ3n) is 7.84. The molecule has 0 fully saturated rings. The van der Waals surface area contributed by atoms with Gasteiger partial charge in [-0.2, -0.15) is 0 Å². The lowest BCUT2D eigenvalue weighted by Gasteiger charge is -2.21. The van der Waals surface area contributed by atoms with E-state index in [1.807, 2.05) is 0 Å². The Morgan fingerprint density at radius 2 is 1.29 bits per heavy atom. The first kappa shape index (κ1) is 19.6. The molecular weight excluding hydrogens is 408 g/mol. The van der Waals surface area contributed by atoms with Gasteiger partial charge in [0.2, 0.25) is 0 Å². The molecule has 0 amide bonds. The second-order valence-corrected chi connectivity index (χ2v) is 9.55. The number of allylic oxidation sites excluding steroid dienone is 1. The van der Waals surface area contributed by atoms with Crippen molar-refractivity contribution < 1.29 is 0 Å². The van der Waals surface area contributed by atoms with Crippen LogP contribution in [0.25, 0.3) is 39.1 Å². The van der Waals surface area contributed by atoms with Crippen LogP contribution in [0.1, 0.15) is 47.1 Å². The van der Waals surface area contributed by atoms with Crippen LogP contribution in [0, 0.1) is 0 Å². The zero-order chi connectivity index (χ0) is 22.6. The summed E-state index contributed by atoms with van der Waals surface area (Å²) in [6.45, 7) is 2.31. The van der Waals surface area contributed by atoms with Crippen LogP contribution < -0.4 is 0 Å². The van der Waals surface area contributed by atoms with Crippen molar-refractivity contribution in [2.75, 3.05) is 0 Å². The molecule has 2 aliphatic rings. The molecule has 5 aromatic rings. The third kappa shape index (κ3) is 2.78. The molecule has 5 aromatic carbocycles. The second-order valence-electron chi connectivity index (χ2n) is 9.55. The van der Waals surface area contributed by atoms with Crippen LogP contribution in [-0.2, 0) is 6.42 Å². The van der Waals surface area contributed by atoms with Crippen molar-refractivity contribution in [3.05, 3.63) is 137 Å². The van der Waals surface area contributed by atoms with Crippen molar-refractivity contribution in [3.8, 4) is 22.3 Å². The van der Waals surface area contributed by atoms with E-state index >= 15 is 0 Å². The van der Waals surface area contributed by atoms with Gasteiger partial charge in [-0.15, -0.1) is 0 Å². The first-order chi connectivity index (χ1) is 16.8. The Balaban J connectivity index is 1.43. The zero-order valence-corrected chi connectivity index (χ0v) is 19.4. The summed E-state index contributed by atoms with van der Waals surface area (Å²) < 4.78 is 0. The van der Waals surface area contributed by atoms with Crippen LogP contribution in [0.3, 0.4) is 0 Å². The predicted octanol–water partition coefficient (Wildman–Crippen LogP) is 9.02. The molecule has 34 heavy (non-hydrogen) atoms. The van der Waals surface area contributed by atoms with Crippen LogP contribution in [-0.4, -0.2) is 0 Å². The van der Waals surface area contributed by atoms with E-state index in [1.54, 1.807) is 0 Å². The zero-order valence-electron chi connectivity index (χ0n) is 19.4. The summed E-state index contributed by atoms with van der Waals surface area (Å²) in [6.07, 6.45) is 4.58. The van der Waals surface area contributed by atoms with Gasteiger partial charge in [0.1, 0.15) is 0 Å². The fourth-order valence-electron chi connectivity index (χ4n) is 6.29. The first-order valence-electron chi connectivity index (χ1n) is 12.3. The monoisotopic (exact) mass is 434 g/mol. The molecule has 1 unspecified atom stereocenters. The normalized spacial score (nSPS) is 15.7. The average Bonchev–Trinajstić information content (AvgIpc) is 3.46. The topological polar surface area (TPSA) is 0 Å². The number of hydrogen-bond acceptors (Lipinski definition) is 0. The molecule has 0 aromatic heterocycles. The fraction of sp³-hybridized carbons (Fsp3) is 0.118. The van der Waals surface area contributed by atoms with Gasteiger partial charge < -0.3 is 0 Å². The standard InChI is InChI=1S/C34H26/c1-2-22-20-32-29(27-15-7-12-23-10-3-5-13-25(23)27)17-9-19-30(32)34(22)31-18-8-16-28-26-14-6-4-11-24(26)21-33(28)31/h3-20,34H,2,21H2,1H3. The first-order valence-corrected chi connectivity index (χ1v) is 12.3. The van der Waals surface area contributed by atoms with Crippen LogP contribution in [0.4, 0.5) is 0 Å². The van der Waals surface area contributed by atoms with E-state index in [-0.39, 0.29) is 0 Å². The minimum Gasteiger partial charge on any atom is -0.0619 e. The van der Waals surface area contributed by atoms with Gasteiger partial charge in [-0.1, -0.05) is 122 Å². The number of rotatable bonds is 3. The smallest absolute Gasteiger partial charge is 0.0311 e. The lowest BCUT2D eigenvalue weighted by Crippen LogP contribution is -2.05. The Bertz CT molecular complexity index is 1610. The van der Waals surface area contributed by atoms with Crippen molar-refractivity contribution in [2.24, 2.45) is 0 Å². The fourth-order valence-corrected chi connectivity index (χ4v) is 6.29. The lowest BCUT2D eigenvalue weighted by molar-refractivity contribution is 0.895. The van der Waals surface area contributed by atoms with Crippen molar-refractivity contribution in [1.82, 2.24) is 0 Å². The molecule has 0 bridgehead atoms. The highest BCUT2D eigenvalue weighted by molar-refractivity contribution is 5.99.